The van der Waals surface area contributed by atoms with Crippen LogP contribution in [0.3, 0.4) is 0 Å². The smallest absolute Gasteiger partial charge is 0.260 e. The van der Waals surface area contributed by atoms with Crippen LogP contribution in [0.2, 0.25) is 5.02 Å². The van der Waals surface area contributed by atoms with Gasteiger partial charge in [-0.1, -0.05) is 17.7 Å². The summed E-state index contributed by atoms with van der Waals surface area (Å²) in [6, 6.07) is 9.06. The number of aromatic amines is 1. The lowest BCUT2D eigenvalue weighted by Crippen LogP contribution is -2.49. The second-order valence-corrected chi connectivity index (χ2v) is 6.06. The molecule has 1 aliphatic heterocycles. The molecular formula is C17H18ClN3O2. The maximum absolute atomic E-state index is 12.5. The molecule has 0 atom stereocenters. The summed E-state index contributed by atoms with van der Waals surface area (Å²) in [5, 5.41) is 0.708. The zero-order valence-corrected chi connectivity index (χ0v) is 13.6. The van der Waals surface area contributed by atoms with Crippen molar-refractivity contribution >= 4 is 23.2 Å². The molecule has 0 unspecified atom stereocenters. The first-order valence-corrected chi connectivity index (χ1v) is 7.92. The zero-order valence-electron chi connectivity index (χ0n) is 12.9. The normalized spacial score (nSPS) is 14.9. The summed E-state index contributed by atoms with van der Waals surface area (Å²) in [5.74, 6) is -0.214. The summed E-state index contributed by atoms with van der Waals surface area (Å²) >= 11 is 6.08. The molecule has 0 aliphatic carbocycles. The number of benzene rings is 1. The monoisotopic (exact) mass is 331 g/mol. The van der Waals surface area contributed by atoms with E-state index in [-0.39, 0.29) is 17.0 Å². The van der Waals surface area contributed by atoms with Crippen LogP contribution < -0.4 is 10.5 Å². The van der Waals surface area contributed by atoms with Gasteiger partial charge in [0.25, 0.3) is 11.5 Å². The fourth-order valence-corrected chi connectivity index (χ4v) is 3.00. The second kappa shape index (κ2) is 6.46. The second-order valence-electron chi connectivity index (χ2n) is 5.62. The molecule has 3 rings (SSSR count). The highest BCUT2D eigenvalue weighted by Crippen LogP contribution is 2.25. The van der Waals surface area contributed by atoms with E-state index in [1.165, 1.54) is 6.20 Å². The lowest BCUT2D eigenvalue weighted by atomic mass is 10.1. The molecule has 1 fully saturated rings. The van der Waals surface area contributed by atoms with Gasteiger partial charge < -0.3 is 14.8 Å². The highest BCUT2D eigenvalue weighted by molar-refractivity contribution is 6.30. The number of halogens is 1. The van der Waals surface area contributed by atoms with E-state index < -0.39 is 0 Å². The van der Waals surface area contributed by atoms with Gasteiger partial charge in [-0.15, -0.1) is 0 Å². The van der Waals surface area contributed by atoms with Crippen molar-refractivity contribution in [2.45, 2.75) is 6.92 Å². The number of hydrogen-bond donors (Lipinski definition) is 1. The average molecular weight is 332 g/mol. The number of amides is 1. The Morgan fingerprint density at radius 1 is 1.17 bits per heavy atom. The molecule has 1 aliphatic rings. The number of piperazine rings is 1. The first-order valence-electron chi connectivity index (χ1n) is 7.54. The number of nitrogens with zero attached hydrogens (tertiary/aromatic N) is 2. The number of rotatable bonds is 2. The number of nitrogens with one attached hydrogen (secondary N) is 1. The van der Waals surface area contributed by atoms with Crippen molar-refractivity contribution in [3.63, 3.8) is 0 Å². The van der Waals surface area contributed by atoms with Gasteiger partial charge >= 0.3 is 0 Å². The summed E-state index contributed by atoms with van der Waals surface area (Å²) in [6.45, 7) is 4.65. The largest absolute Gasteiger partial charge is 0.368 e. The van der Waals surface area contributed by atoms with Gasteiger partial charge in [-0.2, -0.15) is 0 Å². The maximum atomic E-state index is 12.5. The molecule has 6 heteroatoms. The van der Waals surface area contributed by atoms with Crippen molar-refractivity contribution in [3.05, 3.63) is 63.0 Å². The van der Waals surface area contributed by atoms with E-state index in [0.717, 1.165) is 24.3 Å². The van der Waals surface area contributed by atoms with E-state index in [1.807, 2.05) is 25.1 Å². The molecule has 0 saturated carbocycles. The van der Waals surface area contributed by atoms with Gasteiger partial charge in [0.1, 0.15) is 5.56 Å². The van der Waals surface area contributed by atoms with E-state index >= 15 is 0 Å². The first-order chi connectivity index (χ1) is 11.1. The third-order valence-corrected chi connectivity index (χ3v) is 4.36. The van der Waals surface area contributed by atoms with Gasteiger partial charge in [-0.3, -0.25) is 9.59 Å². The standard InChI is InChI=1S/C17H18ClN3O2/c1-12-4-5-13(18)11-15(12)20-7-9-21(10-8-20)17(23)14-3-2-6-19-16(14)22/h2-6,11H,7-10H2,1H3,(H,19,22). The molecule has 5 nitrogen and oxygen atoms in total. The maximum Gasteiger partial charge on any atom is 0.260 e. The van der Waals surface area contributed by atoms with Gasteiger partial charge in [-0.05, 0) is 36.8 Å². The Balaban J connectivity index is 1.71. The topological polar surface area (TPSA) is 56.4 Å². The van der Waals surface area contributed by atoms with Crippen LogP contribution in [-0.2, 0) is 0 Å². The predicted molar refractivity (Wildman–Crippen MR) is 91.4 cm³/mol. The Labute approximate surface area is 139 Å². The Bertz CT molecular complexity index is 779. The van der Waals surface area contributed by atoms with Crippen LogP contribution in [0.25, 0.3) is 0 Å². The number of H-pyrrole nitrogens is 1. The Morgan fingerprint density at radius 2 is 1.91 bits per heavy atom. The molecule has 23 heavy (non-hydrogen) atoms. The average Bonchev–Trinajstić information content (AvgIpc) is 2.57. The SMILES string of the molecule is Cc1ccc(Cl)cc1N1CCN(C(=O)c2ccc[nH]c2=O)CC1. The molecule has 1 aromatic carbocycles. The summed E-state index contributed by atoms with van der Waals surface area (Å²) < 4.78 is 0. The number of hydrogen-bond acceptors (Lipinski definition) is 3. The lowest BCUT2D eigenvalue weighted by molar-refractivity contribution is 0.0745. The zero-order chi connectivity index (χ0) is 16.4. The van der Waals surface area contributed by atoms with E-state index in [9.17, 15) is 9.59 Å². The number of anilines is 1. The highest BCUT2D eigenvalue weighted by Gasteiger charge is 2.24. The van der Waals surface area contributed by atoms with Crippen LogP contribution in [0.1, 0.15) is 15.9 Å². The molecule has 2 aromatic rings. The van der Waals surface area contributed by atoms with Gasteiger partial charge in [0, 0.05) is 43.1 Å². The third-order valence-electron chi connectivity index (χ3n) is 4.13. The van der Waals surface area contributed by atoms with Crippen molar-refractivity contribution in [2.24, 2.45) is 0 Å². The molecule has 120 valence electrons. The third kappa shape index (κ3) is 3.24. The quantitative estimate of drug-likeness (QED) is 0.918. The van der Waals surface area contributed by atoms with E-state index in [2.05, 4.69) is 9.88 Å². The summed E-state index contributed by atoms with van der Waals surface area (Å²) in [4.78, 5) is 30.7. The van der Waals surface area contributed by atoms with Crippen molar-refractivity contribution in [2.75, 3.05) is 31.1 Å². The number of aromatic nitrogens is 1. The summed E-state index contributed by atoms with van der Waals surface area (Å²) in [6.07, 6.45) is 1.53. The molecule has 2 heterocycles. The first kappa shape index (κ1) is 15.6. The molecule has 1 aromatic heterocycles. The summed E-state index contributed by atoms with van der Waals surface area (Å²) in [7, 11) is 0. The lowest BCUT2D eigenvalue weighted by Gasteiger charge is -2.36. The van der Waals surface area contributed by atoms with Gasteiger partial charge in [0.05, 0.1) is 0 Å². The van der Waals surface area contributed by atoms with E-state index in [1.54, 1.807) is 17.0 Å². The predicted octanol–water partition coefficient (Wildman–Crippen LogP) is 2.30. The highest BCUT2D eigenvalue weighted by atomic mass is 35.5. The van der Waals surface area contributed by atoms with Crippen LogP contribution in [0, 0.1) is 6.92 Å². The van der Waals surface area contributed by atoms with Gasteiger partial charge in [0.15, 0.2) is 0 Å². The minimum Gasteiger partial charge on any atom is -0.368 e. The van der Waals surface area contributed by atoms with E-state index in [4.69, 9.17) is 11.6 Å². The van der Waals surface area contributed by atoms with Crippen LogP contribution in [0.5, 0.6) is 0 Å². The van der Waals surface area contributed by atoms with Crippen molar-refractivity contribution in [3.8, 4) is 0 Å². The number of aryl methyl sites for hydroxylation is 1. The molecule has 0 bridgehead atoms. The minimum absolute atomic E-state index is 0.194. The van der Waals surface area contributed by atoms with Crippen LogP contribution >= 0.6 is 11.6 Å². The molecular weight excluding hydrogens is 314 g/mol. The Hall–Kier alpha value is -2.27. The minimum atomic E-state index is -0.342. The van der Waals surface area contributed by atoms with E-state index in [0.29, 0.717) is 18.1 Å². The Morgan fingerprint density at radius 3 is 2.61 bits per heavy atom. The number of carbonyl (C=O) groups is 1. The van der Waals surface area contributed by atoms with Gasteiger partial charge in [-0.25, -0.2) is 0 Å². The molecule has 1 amide bonds. The van der Waals surface area contributed by atoms with Crippen LogP contribution in [0.4, 0.5) is 5.69 Å². The summed E-state index contributed by atoms with van der Waals surface area (Å²) in [5.41, 5.74) is 2.11. The van der Waals surface area contributed by atoms with Crippen LogP contribution in [-0.4, -0.2) is 42.0 Å². The van der Waals surface area contributed by atoms with Crippen LogP contribution in [0.15, 0.2) is 41.3 Å². The van der Waals surface area contributed by atoms with Crippen molar-refractivity contribution in [1.29, 1.82) is 0 Å². The fourth-order valence-electron chi connectivity index (χ4n) is 2.83. The molecule has 1 saturated heterocycles. The molecule has 0 radical (unpaired) electrons. The fraction of sp³-hybridized carbons (Fsp3) is 0.294. The van der Waals surface area contributed by atoms with Crippen molar-refractivity contribution < 1.29 is 4.79 Å². The number of pyridine rings is 1. The van der Waals surface area contributed by atoms with Crippen molar-refractivity contribution in [1.82, 2.24) is 9.88 Å². The molecule has 0 spiro atoms. The number of carbonyl (C=O) groups excluding carboxylic acids is 1. The Kier molecular flexibility index (Phi) is 4.39. The van der Waals surface area contributed by atoms with Gasteiger partial charge in [0.2, 0.25) is 0 Å². The molecule has 1 N–H and O–H groups in total.